The average Bonchev–Trinajstić information content (AvgIpc) is 3.64. The van der Waals surface area contributed by atoms with Gasteiger partial charge in [0.05, 0.1) is 17.8 Å². The third-order valence-corrected chi connectivity index (χ3v) is 5.91. The van der Waals surface area contributed by atoms with Crippen molar-refractivity contribution in [3.05, 3.63) is 65.7 Å². The first-order valence-corrected chi connectivity index (χ1v) is 10.6. The van der Waals surface area contributed by atoms with E-state index >= 15 is 0 Å². The monoisotopic (exact) mass is 391 g/mol. The molecule has 152 valence electrons. The zero-order valence-corrected chi connectivity index (χ0v) is 16.9. The lowest BCUT2D eigenvalue weighted by Gasteiger charge is -2.28. The molecule has 2 fully saturated rings. The lowest BCUT2D eigenvalue weighted by molar-refractivity contribution is -0.118. The Balaban J connectivity index is 1.38. The number of benzene rings is 2. The van der Waals surface area contributed by atoms with Gasteiger partial charge in [0, 0.05) is 18.6 Å². The van der Waals surface area contributed by atoms with E-state index in [9.17, 15) is 9.59 Å². The summed E-state index contributed by atoms with van der Waals surface area (Å²) in [5, 5.41) is 5.91. The van der Waals surface area contributed by atoms with Crippen LogP contribution in [0, 0.1) is 5.92 Å². The molecular formula is C24H29N3O2. The smallest absolute Gasteiger partial charge is 0.253 e. The van der Waals surface area contributed by atoms with Gasteiger partial charge >= 0.3 is 0 Å². The van der Waals surface area contributed by atoms with Gasteiger partial charge in [-0.15, -0.1) is 0 Å². The lowest BCUT2D eigenvalue weighted by atomic mass is 10.1. The molecule has 0 bridgehead atoms. The summed E-state index contributed by atoms with van der Waals surface area (Å²) in [6.07, 6.45) is 4.92. The number of nitrogens with one attached hydrogen (secondary N) is 2. The number of anilines is 1. The van der Waals surface area contributed by atoms with Gasteiger partial charge in [-0.2, -0.15) is 0 Å². The molecular weight excluding hydrogens is 362 g/mol. The maximum absolute atomic E-state index is 12.8. The fourth-order valence-electron chi connectivity index (χ4n) is 3.88. The second-order valence-electron chi connectivity index (χ2n) is 8.24. The number of carbonyl (C=O) groups is 2. The summed E-state index contributed by atoms with van der Waals surface area (Å²) in [5.41, 5.74) is 2.10. The van der Waals surface area contributed by atoms with Crippen LogP contribution >= 0.6 is 0 Å². The minimum absolute atomic E-state index is 0.0484. The minimum atomic E-state index is -0.185. The van der Waals surface area contributed by atoms with Crippen LogP contribution in [0.3, 0.4) is 0 Å². The van der Waals surface area contributed by atoms with E-state index in [1.54, 1.807) is 12.1 Å². The van der Waals surface area contributed by atoms with Crippen LogP contribution in [0.4, 0.5) is 5.69 Å². The number of hydrogen-bond acceptors (Lipinski definition) is 3. The number of hydrogen-bond donors (Lipinski definition) is 2. The number of rotatable bonds is 9. The number of carbonyl (C=O) groups excluding carboxylic acids is 2. The first kappa shape index (κ1) is 19.6. The molecule has 2 amide bonds. The van der Waals surface area contributed by atoms with Crippen LogP contribution in [0.15, 0.2) is 54.6 Å². The highest BCUT2D eigenvalue weighted by atomic mass is 16.2. The normalized spacial score (nSPS) is 17.0. The molecule has 5 heteroatoms. The Morgan fingerprint density at radius 3 is 2.38 bits per heavy atom. The highest BCUT2D eigenvalue weighted by molar-refractivity contribution is 6.04. The topological polar surface area (TPSA) is 61.4 Å². The maximum atomic E-state index is 12.8. The van der Waals surface area contributed by atoms with Crippen molar-refractivity contribution in [2.45, 2.75) is 51.2 Å². The van der Waals surface area contributed by atoms with Crippen LogP contribution < -0.4 is 10.6 Å². The van der Waals surface area contributed by atoms with Gasteiger partial charge in [-0.1, -0.05) is 42.5 Å². The summed E-state index contributed by atoms with van der Waals surface area (Å²) in [7, 11) is 0. The Labute approximate surface area is 172 Å². The molecule has 0 heterocycles. The number of amides is 2. The van der Waals surface area contributed by atoms with E-state index in [1.165, 1.54) is 25.7 Å². The SMILES string of the molecule is CC(C1CC1)N(CC(=O)Nc1ccccc1C(=O)NCc1ccccc1)C1CC1. The quantitative estimate of drug-likeness (QED) is 0.683. The lowest BCUT2D eigenvalue weighted by Crippen LogP contribution is -2.42. The van der Waals surface area contributed by atoms with Crippen LogP contribution in [-0.2, 0) is 11.3 Å². The highest BCUT2D eigenvalue weighted by Crippen LogP contribution is 2.39. The van der Waals surface area contributed by atoms with Crippen molar-refractivity contribution in [1.29, 1.82) is 0 Å². The molecule has 0 aliphatic heterocycles. The molecule has 0 radical (unpaired) electrons. The Hall–Kier alpha value is -2.66. The highest BCUT2D eigenvalue weighted by Gasteiger charge is 2.39. The summed E-state index contributed by atoms with van der Waals surface area (Å²) >= 11 is 0. The van der Waals surface area contributed by atoms with E-state index in [-0.39, 0.29) is 11.8 Å². The Morgan fingerprint density at radius 2 is 1.69 bits per heavy atom. The van der Waals surface area contributed by atoms with E-state index in [2.05, 4.69) is 22.5 Å². The Kier molecular flexibility index (Phi) is 5.95. The molecule has 2 saturated carbocycles. The predicted molar refractivity (Wildman–Crippen MR) is 115 cm³/mol. The van der Waals surface area contributed by atoms with Crippen molar-refractivity contribution in [3.63, 3.8) is 0 Å². The summed E-state index contributed by atoms with van der Waals surface area (Å²) in [5.74, 6) is 0.502. The second kappa shape index (κ2) is 8.78. The fourth-order valence-corrected chi connectivity index (χ4v) is 3.88. The van der Waals surface area contributed by atoms with Crippen LogP contribution in [0.2, 0.25) is 0 Å². The van der Waals surface area contributed by atoms with Crippen molar-refractivity contribution in [1.82, 2.24) is 10.2 Å². The number of para-hydroxylation sites is 1. The molecule has 5 nitrogen and oxygen atoms in total. The molecule has 2 aromatic carbocycles. The van der Waals surface area contributed by atoms with Gasteiger partial charge in [0.2, 0.25) is 5.91 Å². The van der Waals surface area contributed by atoms with Crippen molar-refractivity contribution in [3.8, 4) is 0 Å². The molecule has 0 aromatic heterocycles. The molecule has 0 saturated heterocycles. The minimum Gasteiger partial charge on any atom is -0.348 e. The Bertz CT molecular complexity index is 859. The second-order valence-corrected chi connectivity index (χ2v) is 8.24. The van der Waals surface area contributed by atoms with Gasteiger partial charge < -0.3 is 10.6 Å². The molecule has 4 rings (SSSR count). The molecule has 1 unspecified atom stereocenters. The third kappa shape index (κ3) is 5.24. The first-order chi connectivity index (χ1) is 14.1. The molecule has 29 heavy (non-hydrogen) atoms. The third-order valence-electron chi connectivity index (χ3n) is 5.91. The van der Waals surface area contributed by atoms with Crippen molar-refractivity contribution < 1.29 is 9.59 Å². The summed E-state index contributed by atoms with van der Waals surface area (Å²) in [6, 6.07) is 18.0. The van der Waals surface area contributed by atoms with Gasteiger partial charge in [-0.25, -0.2) is 0 Å². The van der Waals surface area contributed by atoms with E-state index in [0.29, 0.717) is 36.4 Å². The fraction of sp³-hybridized carbons (Fsp3) is 0.417. The van der Waals surface area contributed by atoms with E-state index in [1.807, 2.05) is 42.5 Å². The van der Waals surface area contributed by atoms with E-state index in [0.717, 1.165) is 11.5 Å². The molecule has 2 aliphatic rings. The summed E-state index contributed by atoms with van der Waals surface area (Å²) in [4.78, 5) is 27.8. The van der Waals surface area contributed by atoms with Crippen molar-refractivity contribution >= 4 is 17.5 Å². The summed E-state index contributed by atoms with van der Waals surface area (Å²) in [6.45, 7) is 3.09. The van der Waals surface area contributed by atoms with Gasteiger partial charge in [-0.05, 0) is 56.2 Å². The zero-order chi connectivity index (χ0) is 20.2. The van der Waals surface area contributed by atoms with Crippen LogP contribution in [0.25, 0.3) is 0 Å². The van der Waals surface area contributed by atoms with Crippen LogP contribution in [0.1, 0.15) is 48.5 Å². The predicted octanol–water partition coefficient (Wildman–Crippen LogP) is 3.82. The van der Waals surface area contributed by atoms with E-state index in [4.69, 9.17) is 0 Å². The summed E-state index contributed by atoms with van der Waals surface area (Å²) < 4.78 is 0. The van der Waals surface area contributed by atoms with Crippen LogP contribution in [-0.4, -0.2) is 35.3 Å². The standard InChI is InChI=1S/C24H29N3O2/c1-17(19-11-12-19)27(20-13-14-20)16-23(28)26-22-10-6-5-9-21(22)24(29)25-15-18-7-3-2-4-8-18/h2-10,17,19-20H,11-16H2,1H3,(H,25,29)(H,26,28). The van der Waals surface area contributed by atoms with Gasteiger partial charge in [0.25, 0.3) is 5.91 Å². The van der Waals surface area contributed by atoms with Crippen molar-refractivity contribution in [2.24, 2.45) is 5.92 Å². The number of nitrogens with zero attached hydrogens (tertiary/aromatic N) is 1. The van der Waals surface area contributed by atoms with Gasteiger partial charge in [0.1, 0.15) is 0 Å². The van der Waals surface area contributed by atoms with Gasteiger partial charge in [-0.3, -0.25) is 14.5 Å². The maximum Gasteiger partial charge on any atom is 0.253 e. The Morgan fingerprint density at radius 1 is 1.00 bits per heavy atom. The molecule has 1 atom stereocenters. The molecule has 2 aromatic rings. The van der Waals surface area contributed by atoms with Crippen LogP contribution in [0.5, 0.6) is 0 Å². The zero-order valence-electron chi connectivity index (χ0n) is 16.9. The first-order valence-electron chi connectivity index (χ1n) is 10.6. The molecule has 2 aliphatic carbocycles. The van der Waals surface area contributed by atoms with E-state index < -0.39 is 0 Å². The largest absolute Gasteiger partial charge is 0.348 e. The van der Waals surface area contributed by atoms with Crippen molar-refractivity contribution in [2.75, 3.05) is 11.9 Å². The van der Waals surface area contributed by atoms with Gasteiger partial charge in [0.15, 0.2) is 0 Å². The average molecular weight is 392 g/mol. The molecule has 2 N–H and O–H groups in total. The molecule has 0 spiro atoms.